The molecule has 1 aliphatic rings. The molecular weight excluding hydrogens is 274 g/mol. The molecule has 1 aromatic rings. The third-order valence-corrected chi connectivity index (χ3v) is 6.53. The first-order valence-electron chi connectivity index (χ1n) is 6.79. The van der Waals surface area contributed by atoms with Crippen molar-refractivity contribution in [1.29, 1.82) is 5.26 Å². The van der Waals surface area contributed by atoms with Gasteiger partial charge in [-0.25, -0.2) is 8.42 Å². The van der Waals surface area contributed by atoms with Gasteiger partial charge in [0.25, 0.3) is 0 Å². The van der Waals surface area contributed by atoms with Crippen molar-refractivity contribution in [3.8, 4) is 6.07 Å². The first-order valence-corrected chi connectivity index (χ1v) is 8.51. The van der Waals surface area contributed by atoms with E-state index in [-0.39, 0.29) is 5.75 Å². The highest BCUT2D eigenvalue weighted by Gasteiger charge is 2.71. The summed E-state index contributed by atoms with van der Waals surface area (Å²) in [5, 5.41) is 18.1. The lowest BCUT2D eigenvalue weighted by Gasteiger charge is -2.04. The Morgan fingerprint density at radius 3 is 2.30 bits per heavy atom. The number of benzene rings is 1. The van der Waals surface area contributed by atoms with Gasteiger partial charge in [0.05, 0.1) is 17.9 Å². The van der Waals surface area contributed by atoms with Crippen LogP contribution < -0.4 is 0 Å². The second kappa shape index (κ2) is 5.19. The number of hydrogen-bond acceptors (Lipinski definition) is 4. The van der Waals surface area contributed by atoms with Crippen LogP contribution in [0.15, 0.2) is 24.3 Å². The molecule has 0 bridgehead atoms. The molecule has 1 fully saturated rings. The van der Waals surface area contributed by atoms with Crippen LogP contribution in [0.4, 0.5) is 0 Å². The smallest absolute Gasteiger partial charge is 0.155 e. The Labute approximate surface area is 120 Å². The maximum Gasteiger partial charge on any atom is 0.155 e. The summed E-state index contributed by atoms with van der Waals surface area (Å²) in [6.45, 7) is 3.20. The fraction of sp³-hybridized carbons (Fsp3) is 0.533. The number of nitrogens with zero attached hydrogens (tertiary/aromatic N) is 1. The number of hydrogen-bond donors (Lipinski definition) is 1. The zero-order valence-electron chi connectivity index (χ0n) is 11.7. The lowest BCUT2D eigenvalue weighted by molar-refractivity contribution is 0.242. The van der Waals surface area contributed by atoms with Gasteiger partial charge in [-0.15, -0.1) is 0 Å². The maximum absolute atomic E-state index is 12.1. The summed E-state index contributed by atoms with van der Waals surface area (Å²) in [6, 6.07) is 9.68. The second-order valence-corrected chi connectivity index (χ2v) is 7.67. The van der Waals surface area contributed by atoms with Crippen LogP contribution in [0.5, 0.6) is 0 Å². The molecule has 0 aromatic heterocycles. The summed E-state index contributed by atoms with van der Waals surface area (Å²) in [5.41, 5.74) is 0.804. The fourth-order valence-electron chi connectivity index (χ4n) is 2.90. The van der Waals surface area contributed by atoms with Crippen molar-refractivity contribution in [3.63, 3.8) is 0 Å². The summed E-state index contributed by atoms with van der Waals surface area (Å²) in [4.78, 5) is 0. The molecule has 0 saturated heterocycles. The Balaban J connectivity index is 2.42. The van der Waals surface area contributed by atoms with Crippen molar-refractivity contribution in [1.82, 2.24) is 0 Å². The Hall–Kier alpha value is -1.38. The lowest BCUT2D eigenvalue weighted by atomic mass is 10.00. The van der Waals surface area contributed by atoms with Crippen LogP contribution in [0.25, 0.3) is 0 Å². The highest BCUT2D eigenvalue weighted by atomic mass is 32.2. The summed E-state index contributed by atoms with van der Waals surface area (Å²) in [7, 11) is -3.35. The molecular formula is C15H19NO3S. The fourth-order valence-corrected chi connectivity index (χ4v) is 4.91. The third-order valence-electron chi connectivity index (χ3n) is 4.26. The summed E-state index contributed by atoms with van der Waals surface area (Å²) in [6.07, 6.45) is 0.908. The third kappa shape index (κ3) is 2.13. The average molecular weight is 293 g/mol. The van der Waals surface area contributed by atoms with E-state index in [1.165, 1.54) is 0 Å². The van der Waals surface area contributed by atoms with Crippen LogP contribution in [0.2, 0.25) is 0 Å². The normalized spacial score (nSPS) is 28.9. The van der Waals surface area contributed by atoms with E-state index >= 15 is 0 Å². The van der Waals surface area contributed by atoms with E-state index in [0.29, 0.717) is 0 Å². The van der Waals surface area contributed by atoms with E-state index in [4.69, 9.17) is 0 Å². The minimum Gasteiger partial charge on any atom is -0.395 e. The number of aryl methyl sites for hydroxylation is 1. The summed E-state index contributed by atoms with van der Waals surface area (Å²) >= 11 is 0. The van der Waals surface area contributed by atoms with Crippen LogP contribution in [-0.2, 0) is 16.3 Å². The Bertz CT molecular complexity index is 630. The maximum atomic E-state index is 12.1. The van der Waals surface area contributed by atoms with E-state index in [2.05, 4.69) is 0 Å². The van der Waals surface area contributed by atoms with Crippen molar-refractivity contribution in [2.45, 2.75) is 31.4 Å². The van der Waals surface area contributed by atoms with Gasteiger partial charge >= 0.3 is 0 Å². The predicted molar refractivity (Wildman–Crippen MR) is 76.9 cm³/mol. The van der Waals surface area contributed by atoms with Gasteiger partial charge < -0.3 is 5.11 Å². The van der Waals surface area contributed by atoms with Crippen LogP contribution >= 0.6 is 0 Å². The van der Waals surface area contributed by atoms with Gasteiger partial charge in [-0.05, 0) is 17.5 Å². The number of rotatable bonds is 5. The Morgan fingerprint density at radius 2 is 1.90 bits per heavy atom. The van der Waals surface area contributed by atoms with Crippen molar-refractivity contribution in [2.24, 2.45) is 5.41 Å². The molecule has 0 heterocycles. The van der Waals surface area contributed by atoms with Crippen molar-refractivity contribution < 1.29 is 13.5 Å². The molecule has 1 aromatic carbocycles. The van der Waals surface area contributed by atoms with E-state index < -0.39 is 33.0 Å². The van der Waals surface area contributed by atoms with Gasteiger partial charge in [0.2, 0.25) is 0 Å². The molecule has 0 spiro atoms. The first-order chi connectivity index (χ1) is 9.46. The first kappa shape index (κ1) is 15.0. The number of aliphatic hydroxyl groups excluding tert-OH is 1. The molecule has 108 valence electrons. The van der Waals surface area contributed by atoms with Gasteiger partial charge in [0.1, 0.15) is 5.41 Å². The summed E-state index contributed by atoms with van der Waals surface area (Å²) < 4.78 is 24.3. The van der Waals surface area contributed by atoms with Crippen molar-refractivity contribution in [2.75, 3.05) is 12.4 Å². The SMILES string of the molecule is CCc1ccc([C@H]2[C@H](S(=O)(=O)CC)[C@@]2(C#N)CO)cc1. The van der Waals surface area contributed by atoms with E-state index in [0.717, 1.165) is 17.5 Å². The van der Waals surface area contributed by atoms with Gasteiger partial charge in [0.15, 0.2) is 9.84 Å². The molecule has 1 N–H and O–H groups in total. The van der Waals surface area contributed by atoms with Gasteiger partial charge in [-0.2, -0.15) is 5.26 Å². The van der Waals surface area contributed by atoms with E-state index in [1.807, 2.05) is 37.3 Å². The van der Waals surface area contributed by atoms with E-state index in [1.54, 1.807) is 6.92 Å². The summed E-state index contributed by atoms with van der Waals surface area (Å²) in [5.74, 6) is -0.432. The monoisotopic (exact) mass is 293 g/mol. The topological polar surface area (TPSA) is 78.2 Å². The molecule has 5 heteroatoms. The average Bonchev–Trinajstić information content (AvgIpc) is 3.18. The minimum absolute atomic E-state index is 0.00929. The molecule has 1 saturated carbocycles. The largest absolute Gasteiger partial charge is 0.395 e. The molecule has 20 heavy (non-hydrogen) atoms. The molecule has 3 atom stereocenters. The minimum atomic E-state index is -3.35. The number of aliphatic hydroxyl groups is 1. The molecule has 0 aliphatic heterocycles. The molecule has 0 amide bonds. The van der Waals surface area contributed by atoms with Crippen molar-refractivity contribution in [3.05, 3.63) is 35.4 Å². The molecule has 1 aliphatic carbocycles. The van der Waals surface area contributed by atoms with Crippen LogP contribution in [-0.4, -0.2) is 31.1 Å². The standard InChI is InChI=1S/C15H19NO3S/c1-3-11-5-7-12(8-6-11)13-14(20(18,19)4-2)15(13,9-16)10-17/h5-8,13-14,17H,3-4,10H2,1-2H3/t13-,14-,15-/m0/s1. The van der Waals surface area contributed by atoms with Gasteiger partial charge in [-0.3, -0.25) is 0 Å². The van der Waals surface area contributed by atoms with Gasteiger partial charge in [0, 0.05) is 11.7 Å². The van der Waals surface area contributed by atoms with Crippen LogP contribution in [0.3, 0.4) is 0 Å². The van der Waals surface area contributed by atoms with Crippen LogP contribution in [0.1, 0.15) is 30.9 Å². The zero-order chi connectivity index (χ0) is 15.0. The lowest BCUT2D eigenvalue weighted by Crippen LogP contribution is -2.19. The van der Waals surface area contributed by atoms with E-state index in [9.17, 15) is 18.8 Å². The predicted octanol–water partition coefficient (Wildman–Crippen LogP) is 1.65. The Morgan fingerprint density at radius 1 is 1.30 bits per heavy atom. The molecule has 0 radical (unpaired) electrons. The zero-order valence-corrected chi connectivity index (χ0v) is 12.5. The Kier molecular flexibility index (Phi) is 3.90. The highest BCUT2D eigenvalue weighted by molar-refractivity contribution is 7.92. The van der Waals surface area contributed by atoms with Gasteiger partial charge in [-0.1, -0.05) is 38.1 Å². The molecule has 0 unspecified atom stereocenters. The molecule has 4 nitrogen and oxygen atoms in total. The highest BCUT2D eigenvalue weighted by Crippen LogP contribution is 2.62. The molecule has 2 rings (SSSR count). The van der Waals surface area contributed by atoms with Crippen LogP contribution in [0, 0.1) is 16.7 Å². The van der Waals surface area contributed by atoms with Crippen molar-refractivity contribution >= 4 is 9.84 Å². The number of nitriles is 1. The number of sulfone groups is 1. The second-order valence-electron chi connectivity index (χ2n) is 5.26. The quantitative estimate of drug-likeness (QED) is 0.895.